The first-order valence-electron chi connectivity index (χ1n) is 5.72. The van der Waals surface area contributed by atoms with Crippen LogP contribution in [0, 0.1) is 11.5 Å². The first-order valence-corrected chi connectivity index (χ1v) is 9.22. The van der Waals surface area contributed by atoms with Crippen LogP contribution in [-0.4, -0.2) is 8.07 Å². The van der Waals surface area contributed by atoms with Crippen LogP contribution in [0.25, 0.3) is 11.0 Å². The lowest BCUT2D eigenvalue weighted by Crippen LogP contribution is -2.16. The van der Waals surface area contributed by atoms with E-state index in [4.69, 9.17) is 10.2 Å². The van der Waals surface area contributed by atoms with E-state index in [1.54, 1.807) is 18.2 Å². The summed E-state index contributed by atoms with van der Waals surface area (Å²) in [5.41, 5.74) is 10.7. The average molecular weight is 257 g/mol. The van der Waals surface area contributed by atoms with Crippen molar-refractivity contribution in [2.24, 2.45) is 0 Å². The van der Waals surface area contributed by atoms with Crippen molar-refractivity contribution in [2.75, 3.05) is 5.73 Å². The van der Waals surface area contributed by atoms with Crippen LogP contribution in [-0.2, 0) is 0 Å². The normalized spacial score (nSPS) is 11.1. The molecule has 0 spiro atoms. The molecule has 0 unspecified atom stereocenters. The average Bonchev–Trinajstić information content (AvgIpc) is 2.26. The van der Waals surface area contributed by atoms with E-state index in [-0.39, 0.29) is 5.63 Å². The summed E-state index contributed by atoms with van der Waals surface area (Å²) in [6, 6.07) is 6.53. The fraction of sp³-hybridized carbons (Fsp3) is 0.214. The number of hydrogen-bond donors (Lipinski definition) is 1. The maximum atomic E-state index is 11.2. The summed E-state index contributed by atoms with van der Waals surface area (Å²) in [5.74, 6) is 3.14. The molecule has 18 heavy (non-hydrogen) atoms. The van der Waals surface area contributed by atoms with Gasteiger partial charge in [0, 0.05) is 17.1 Å². The minimum absolute atomic E-state index is 0.364. The van der Waals surface area contributed by atoms with Crippen LogP contribution in [0.3, 0.4) is 0 Å². The van der Waals surface area contributed by atoms with Crippen molar-refractivity contribution < 1.29 is 4.42 Å². The number of benzene rings is 1. The predicted molar refractivity (Wildman–Crippen MR) is 77.1 cm³/mol. The molecule has 1 aromatic carbocycles. The van der Waals surface area contributed by atoms with Gasteiger partial charge in [0.15, 0.2) is 0 Å². The van der Waals surface area contributed by atoms with Crippen LogP contribution in [0.4, 0.5) is 5.69 Å². The molecule has 2 aromatic rings. The summed E-state index contributed by atoms with van der Waals surface area (Å²) in [4.78, 5) is 11.2. The van der Waals surface area contributed by atoms with Crippen LogP contribution in [0.15, 0.2) is 33.5 Å². The van der Waals surface area contributed by atoms with Crippen LogP contribution in [0.1, 0.15) is 5.56 Å². The molecule has 2 N–H and O–H groups in total. The van der Waals surface area contributed by atoms with Crippen molar-refractivity contribution in [1.29, 1.82) is 0 Å². The monoisotopic (exact) mass is 257 g/mol. The third-order valence-electron chi connectivity index (χ3n) is 2.40. The fourth-order valence-electron chi connectivity index (χ4n) is 1.56. The van der Waals surface area contributed by atoms with E-state index in [1.807, 2.05) is 0 Å². The molecule has 0 amide bonds. The van der Waals surface area contributed by atoms with E-state index in [1.165, 1.54) is 6.07 Å². The maximum absolute atomic E-state index is 11.2. The van der Waals surface area contributed by atoms with Gasteiger partial charge in [0.2, 0.25) is 0 Å². The smallest absolute Gasteiger partial charge is 0.336 e. The van der Waals surface area contributed by atoms with Crippen LogP contribution >= 0.6 is 0 Å². The predicted octanol–water partition coefficient (Wildman–Crippen LogP) is 2.60. The Kier molecular flexibility index (Phi) is 3.01. The molecule has 1 aromatic heterocycles. The Labute approximate surface area is 107 Å². The van der Waals surface area contributed by atoms with E-state index in [0.29, 0.717) is 11.3 Å². The van der Waals surface area contributed by atoms with Gasteiger partial charge in [-0.15, -0.1) is 5.54 Å². The summed E-state index contributed by atoms with van der Waals surface area (Å²) in [6.07, 6.45) is 0. The summed E-state index contributed by atoms with van der Waals surface area (Å²) in [5, 5.41) is 0.792. The second kappa shape index (κ2) is 4.35. The summed E-state index contributed by atoms with van der Waals surface area (Å²) < 4.78 is 5.12. The van der Waals surface area contributed by atoms with Crippen LogP contribution in [0.5, 0.6) is 0 Å². The fourth-order valence-corrected chi connectivity index (χ4v) is 2.06. The molecule has 4 heteroatoms. The zero-order chi connectivity index (χ0) is 13.3. The Morgan fingerprint density at radius 1 is 1.17 bits per heavy atom. The van der Waals surface area contributed by atoms with Gasteiger partial charge < -0.3 is 10.2 Å². The molecule has 92 valence electrons. The Balaban J connectivity index is 2.72. The van der Waals surface area contributed by atoms with Crippen molar-refractivity contribution in [2.45, 2.75) is 19.6 Å². The van der Waals surface area contributed by atoms with E-state index < -0.39 is 8.07 Å². The summed E-state index contributed by atoms with van der Waals surface area (Å²) >= 11 is 0. The molecule has 0 saturated carbocycles. The minimum Gasteiger partial charge on any atom is -0.423 e. The summed E-state index contributed by atoms with van der Waals surface area (Å²) in [7, 11) is -1.47. The molecule has 0 fully saturated rings. The highest BCUT2D eigenvalue weighted by Crippen LogP contribution is 2.22. The van der Waals surface area contributed by atoms with Crippen LogP contribution in [0.2, 0.25) is 19.6 Å². The van der Waals surface area contributed by atoms with Crippen molar-refractivity contribution in [1.82, 2.24) is 0 Å². The molecular weight excluding hydrogens is 242 g/mol. The number of fused-ring (bicyclic) bond motifs is 1. The Hall–Kier alpha value is -1.99. The van der Waals surface area contributed by atoms with Gasteiger partial charge in [-0.3, -0.25) is 0 Å². The zero-order valence-corrected chi connectivity index (χ0v) is 11.7. The number of anilines is 1. The third kappa shape index (κ3) is 2.63. The molecule has 0 aliphatic carbocycles. The number of rotatable bonds is 0. The van der Waals surface area contributed by atoms with E-state index in [0.717, 1.165) is 10.9 Å². The molecule has 0 aliphatic heterocycles. The lowest BCUT2D eigenvalue weighted by atomic mass is 10.1. The summed E-state index contributed by atoms with van der Waals surface area (Å²) in [6.45, 7) is 6.50. The number of hydrogen-bond acceptors (Lipinski definition) is 3. The quantitative estimate of drug-likeness (QED) is 0.341. The van der Waals surface area contributed by atoms with Crippen molar-refractivity contribution >= 4 is 24.7 Å². The lowest BCUT2D eigenvalue weighted by molar-refractivity contribution is 0.561. The Morgan fingerprint density at radius 2 is 1.89 bits per heavy atom. The van der Waals surface area contributed by atoms with Gasteiger partial charge in [0.25, 0.3) is 0 Å². The highest BCUT2D eigenvalue weighted by molar-refractivity contribution is 6.83. The standard InChI is InChI=1S/C14H15NO2Si/c1-18(2,3)9-8-10-11-4-7-14(16)17-13(11)6-5-12(10)15/h4-7H,15H2,1-3H3. The molecule has 0 saturated heterocycles. The van der Waals surface area contributed by atoms with Gasteiger partial charge in [0.1, 0.15) is 13.7 Å². The maximum Gasteiger partial charge on any atom is 0.336 e. The van der Waals surface area contributed by atoms with E-state index in [9.17, 15) is 4.79 Å². The molecule has 0 aliphatic rings. The van der Waals surface area contributed by atoms with Crippen molar-refractivity contribution in [3.8, 4) is 11.5 Å². The molecule has 0 radical (unpaired) electrons. The molecule has 0 bridgehead atoms. The molecular formula is C14H15NO2Si. The van der Waals surface area contributed by atoms with E-state index in [2.05, 4.69) is 31.1 Å². The third-order valence-corrected chi connectivity index (χ3v) is 3.27. The van der Waals surface area contributed by atoms with E-state index >= 15 is 0 Å². The molecule has 3 nitrogen and oxygen atoms in total. The second-order valence-electron chi connectivity index (χ2n) is 5.20. The van der Waals surface area contributed by atoms with Gasteiger partial charge in [-0.25, -0.2) is 4.79 Å². The first kappa shape index (κ1) is 12.5. The molecule has 0 atom stereocenters. The number of nitrogen functional groups attached to an aromatic ring is 1. The molecule has 1 heterocycles. The highest BCUT2D eigenvalue weighted by atomic mass is 28.3. The van der Waals surface area contributed by atoms with Crippen LogP contribution < -0.4 is 11.4 Å². The Bertz CT molecular complexity index is 714. The van der Waals surface area contributed by atoms with Crippen molar-refractivity contribution in [3.05, 3.63) is 40.2 Å². The lowest BCUT2D eigenvalue weighted by Gasteiger charge is -2.06. The SMILES string of the molecule is C[Si](C)(C)C#Cc1c(N)ccc2oc(=O)ccc12. The van der Waals surface area contributed by atoms with Gasteiger partial charge in [-0.05, 0) is 18.2 Å². The minimum atomic E-state index is -1.47. The Morgan fingerprint density at radius 3 is 2.56 bits per heavy atom. The topological polar surface area (TPSA) is 56.2 Å². The van der Waals surface area contributed by atoms with Gasteiger partial charge in [0.05, 0.1) is 5.56 Å². The number of nitrogens with two attached hydrogens (primary N) is 1. The highest BCUT2D eigenvalue weighted by Gasteiger charge is 2.09. The molecule has 2 rings (SSSR count). The van der Waals surface area contributed by atoms with Crippen molar-refractivity contribution in [3.63, 3.8) is 0 Å². The largest absolute Gasteiger partial charge is 0.423 e. The van der Waals surface area contributed by atoms with Gasteiger partial charge in [-0.2, -0.15) is 0 Å². The second-order valence-corrected chi connectivity index (χ2v) is 9.95. The zero-order valence-electron chi connectivity index (χ0n) is 10.7. The first-order chi connectivity index (χ1) is 8.37. The van der Waals surface area contributed by atoms with Gasteiger partial charge >= 0.3 is 5.63 Å². The van der Waals surface area contributed by atoms with Gasteiger partial charge in [-0.1, -0.05) is 25.6 Å².